The van der Waals surface area contributed by atoms with Gasteiger partial charge in [-0.2, -0.15) is 5.10 Å². The molecule has 6 heteroatoms. The molecule has 0 atom stereocenters. The first-order chi connectivity index (χ1) is 9.74. The lowest BCUT2D eigenvalue weighted by Crippen LogP contribution is -1.81. The molecule has 0 amide bonds. The van der Waals surface area contributed by atoms with Gasteiger partial charge in [-0.25, -0.2) is 9.50 Å². The molecule has 0 unspecified atom stereocenters. The van der Waals surface area contributed by atoms with Gasteiger partial charge in [-0.1, -0.05) is 23.5 Å². The van der Waals surface area contributed by atoms with E-state index in [1.807, 2.05) is 37.4 Å². The fourth-order valence-corrected chi connectivity index (χ4v) is 2.97. The van der Waals surface area contributed by atoms with Crippen LogP contribution in [0.5, 0.6) is 5.75 Å². The molecule has 5 nitrogen and oxygen atoms in total. The summed E-state index contributed by atoms with van der Waals surface area (Å²) in [5.74, 6) is 1.45. The van der Waals surface area contributed by atoms with Gasteiger partial charge in [0.05, 0.1) is 13.3 Å². The molecule has 4 rings (SSSR count). The third-order valence-corrected chi connectivity index (χ3v) is 3.96. The Balaban J connectivity index is 1.90. The summed E-state index contributed by atoms with van der Waals surface area (Å²) >= 11 is 1.56. The monoisotopic (exact) mass is 285 g/mol. The number of furan rings is 1. The zero-order valence-electron chi connectivity index (χ0n) is 11.0. The molecule has 0 radical (unpaired) electrons. The third-order valence-electron chi connectivity index (χ3n) is 3.12. The first-order valence-electron chi connectivity index (χ1n) is 6.14. The van der Waals surface area contributed by atoms with Crippen LogP contribution in [-0.4, -0.2) is 21.7 Å². The first-order valence-corrected chi connectivity index (χ1v) is 6.96. The standard InChI is InChI=1S/C14H11N3O2S/c1-8-16-17-7-10(15-14(17)20-8)12-6-9-4-3-5-11(18-2)13(9)19-12/h3-7H,1-2H3. The first kappa shape index (κ1) is 11.5. The van der Waals surface area contributed by atoms with Crippen LogP contribution in [0.15, 0.2) is 34.9 Å². The van der Waals surface area contributed by atoms with Crippen LogP contribution in [0.4, 0.5) is 0 Å². The Morgan fingerprint density at radius 3 is 3.05 bits per heavy atom. The van der Waals surface area contributed by atoms with Gasteiger partial charge in [0.1, 0.15) is 10.7 Å². The maximum absolute atomic E-state index is 5.88. The maximum atomic E-state index is 5.88. The Hall–Kier alpha value is -2.34. The quantitative estimate of drug-likeness (QED) is 0.565. The molecule has 3 aromatic heterocycles. The van der Waals surface area contributed by atoms with Crippen molar-refractivity contribution in [3.63, 3.8) is 0 Å². The van der Waals surface area contributed by atoms with Crippen molar-refractivity contribution in [3.8, 4) is 17.2 Å². The molecule has 0 aliphatic carbocycles. The highest BCUT2D eigenvalue weighted by Gasteiger charge is 2.14. The number of hydrogen-bond donors (Lipinski definition) is 0. The van der Waals surface area contributed by atoms with E-state index < -0.39 is 0 Å². The van der Waals surface area contributed by atoms with Crippen LogP contribution >= 0.6 is 11.3 Å². The van der Waals surface area contributed by atoms with Crippen LogP contribution in [0.25, 0.3) is 27.4 Å². The van der Waals surface area contributed by atoms with E-state index in [1.165, 1.54) is 0 Å². The van der Waals surface area contributed by atoms with E-state index in [4.69, 9.17) is 9.15 Å². The van der Waals surface area contributed by atoms with Crippen molar-refractivity contribution in [1.82, 2.24) is 14.6 Å². The number of aromatic nitrogens is 3. The Bertz CT molecular complexity index is 888. The second-order valence-corrected chi connectivity index (χ2v) is 5.62. The van der Waals surface area contributed by atoms with Crippen molar-refractivity contribution in [2.24, 2.45) is 0 Å². The molecule has 0 bridgehead atoms. The summed E-state index contributed by atoms with van der Waals surface area (Å²) < 4.78 is 13.0. The van der Waals surface area contributed by atoms with Crippen LogP contribution in [-0.2, 0) is 0 Å². The molecule has 0 aliphatic rings. The van der Waals surface area contributed by atoms with Crippen LogP contribution in [0.2, 0.25) is 0 Å². The van der Waals surface area contributed by atoms with Gasteiger partial charge < -0.3 is 9.15 Å². The van der Waals surface area contributed by atoms with E-state index in [2.05, 4.69) is 10.1 Å². The summed E-state index contributed by atoms with van der Waals surface area (Å²) in [5.41, 5.74) is 1.52. The molecule has 100 valence electrons. The number of nitrogens with zero attached hydrogens (tertiary/aromatic N) is 3. The van der Waals surface area contributed by atoms with Gasteiger partial charge in [-0.05, 0) is 19.1 Å². The average Bonchev–Trinajstić information content (AvgIpc) is 3.08. The molecule has 0 fully saturated rings. The lowest BCUT2D eigenvalue weighted by Gasteiger charge is -1.98. The van der Waals surface area contributed by atoms with Gasteiger partial charge in [0.15, 0.2) is 17.1 Å². The van der Waals surface area contributed by atoms with E-state index >= 15 is 0 Å². The number of hydrogen-bond acceptors (Lipinski definition) is 5. The van der Waals surface area contributed by atoms with E-state index in [-0.39, 0.29) is 0 Å². The molecule has 4 aromatic rings. The normalized spacial score (nSPS) is 11.5. The van der Waals surface area contributed by atoms with Crippen molar-refractivity contribution in [2.45, 2.75) is 6.92 Å². The number of aryl methyl sites for hydroxylation is 1. The van der Waals surface area contributed by atoms with Crippen LogP contribution in [0.3, 0.4) is 0 Å². The van der Waals surface area contributed by atoms with Gasteiger partial charge in [0.2, 0.25) is 4.96 Å². The summed E-state index contributed by atoms with van der Waals surface area (Å²) in [6.45, 7) is 1.96. The summed E-state index contributed by atoms with van der Waals surface area (Å²) in [5, 5.41) is 6.34. The molecule has 20 heavy (non-hydrogen) atoms. The zero-order chi connectivity index (χ0) is 13.7. The second-order valence-electron chi connectivity index (χ2n) is 4.46. The molecular formula is C14H11N3O2S. The Morgan fingerprint density at radius 2 is 2.25 bits per heavy atom. The summed E-state index contributed by atoms with van der Waals surface area (Å²) in [7, 11) is 1.64. The van der Waals surface area contributed by atoms with E-state index in [1.54, 1.807) is 23.0 Å². The maximum Gasteiger partial charge on any atom is 0.212 e. The molecule has 3 heterocycles. The SMILES string of the molecule is COc1cccc2cc(-c3cn4nc(C)sc4n3)oc12. The van der Waals surface area contributed by atoms with Crippen molar-refractivity contribution in [2.75, 3.05) is 7.11 Å². The van der Waals surface area contributed by atoms with Gasteiger partial charge in [0.25, 0.3) is 0 Å². The van der Waals surface area contributed by atoms with Gasteiger partial charge >= 0.3 is 0 Å². The lowest BCUT2D eigenvalue weighted by atomic mass is 10.2. The molecular weight excluding hydrogens is 274 g/mol. The zero-order valence-corrected chi connectivity index (χ0v) is 11.8. The van der Waals surface area contributed by atoms with Crippen molar-refractivity contribution < 1.29 is 9.15 Å². The number of imidazole rings is 1. The Labute approximate surface area is 118 Å². The number of rotatable bonds is 2. The van der Waals surface area contributed by atoms with Crippen molar-refractivity contribution in [1.29, 1.82) is 0 Å². The minimum atomic E-state index is 0.722. The number of para-hydroxylation sites is 1. The highest BCUT2D eigenvalue weighted by atomic mass is 32.1. The minimum Gasteiger partial charge on any atom is -0.493 e. The summed E-state index contributed by atoms with van der Waals surface area (Å²) in [6, 6.07) is 7.78. The fourth-order valence-electron chi connectivity index (χ4n) is 2.24. The number of methoxy groups -OCH3 is 1. The molecule has 0 N–H and O–H groups in total. The largest absolute Gasteiger partial charge is 0.493 e. The highest BCUT2D eigenvalue weighted by molar-refractivity contribution is 7.16. The Morgan fingerprint density at radius 1 is 1.35 bits per heavy atom. The topological polar surface area (TPSA) is 52.6 Å². The predicted molar refractivity (Wildman–Crippen MR) is 77.4 cm³/mol. The van der Waals surface area contributed by atoms with Crippen molar-refractivity contribution in [3.05, 3.63) is 35.5 Å². The lowest BCUT2D eigenvalue weighted by molar-refractivity contribution is 0.411. The van der Waals surface area contributed by atoms with E-state index in [9.17, 15) is 0 Å². The molecule has 0 saturated heterocycles. The molecule has 0 saturated carbocycles. The number of fused-ring (bicyclic) bond motifs is 2. The van der Waals surface area contributed by atoms with Crippen LogP contribution in [0, 0.1) is 6.92 Å². The number of benzene rings is 1. The average molecular weight is 285 g/mol. The molecule has 0 spiro atoms. The van der Waals surface area contributed by atoms with E-state index in [0.717, 1.165) is 38.1 Å². The highest BCUT2D eigenvalue weighted by Crippen LogP contribution is 2.33. The van der Waals surface area contributed by atoms with Crippen LogP contribution in [0.1, 0.15) is 5.01 Å². The van der Waals surface area contributed by atoms with Gasteiger partial charge in [0, 0.05) is 5.39 Å². The second kappa shape index (κ2) is 4.08. The fraction of sp³-hybridized carbons (Fsp3) is 0.143. The third kappa shape index (κ3) is 1.61. The minimum absolute atomic E-state index is 0.722. The smallest absolute Gasteiger partial charge is 0.212 e. The Kier molecular flexibility index (Phi) is 2.34. The van der Waals surface area contributed by atoms with Crippen molar-refractivity contribution >= 4 is 27.3 Å². The molecule has 0 aliphatic heterocycles. The number of ether oxygens (including phenoxy) is 1. The summed E-state index contributed by atoms with van der Waals surface area (Å²) in [6.07, 6.45) is 1.88. The summed E-state index contributed by atoms with van der Waals surface area (Å²) in [4.78, 5) is 5.40. The van der Waals surface area contributed by atoms with Gasteiger partial charge in [-0.15, -0.1) is 0 Å². The predicted octanol–water partition coefficient (Wildman–Crippen LogP) is 3.52. The molecule has 1 aromatic carbocycles. The van der Waals surface area contributed by atoms with Gasteiger partial charge in [-0.3, -0.25) is 0 Å². The van der Waals surface area contributed by atoms with E-state index in [0.29, 0.717) is 0 Å². The van der Waals surface area contributed by atoms with Crippen LogP contribution < -0.4 is 4.74 Å².